The monoisotopic (exact) mass is 287 g/mol. The van der Waals surface area contributed by atoms with E-state index in [0.717, 1.165) is 42.9 Å². The van der Waals surface area contributed by atoms with Crippen LogP contribution in [-0.4, -0.2) is 42.4 Å². The average Bonchev–Trinajstić information content (AvgIpc) is 3.01. The van der Waals surface area contributed by atoms with Crippen LogP contribution >= 0.6 is 0 Å². The molecule has 3 rings (SSSR count). The SMILES string of the molecule is CCN(C(=O)c1ccc2c(c1)CCC(=O)N2)C1CCNC1. The molecule has 1 aromatic rings. The minimum Gasteiger partial charge on any atom is -0.335 e. The molecule has 1 saturated heterocycles. The van der Waals surface area contributed by atoms with Crippen molar-refractivity contribution >= 4 is 17.5 Å². The van der Waals surface area contributed by atoms with E-state index in [-0.39, 0.29) is 11.8 Å². The van der Waals surface area contributed by atoms with Gasteiger partial charge in [0, 0.05) is 36.8 Å². The van der Waals surface area contributed by atoms with Crippen LogP contribution in [0.15, 0.2) is 18.2 Å². The Kier molecular flexibility index (Phi) is 3.92. The molecule has 0 radical (unpaired) electrons. The van der Waals surface area contributed by atoms with Gasteiger partial charge in [-0.15, -0.1) is 0 Å². The second-order valence-electron chi connectivity index (χ2n) is 5.66. The van der Waals surface area contributed by atoms with Crippen molar-refractivity contribution in [3.05, 3.63) is 29.3 Å². The molecule has 1 aromatic carbocycles. The Balaban J connectivity index is 1.82. The highest BCUT2D eigenvalue weighted by Gasteiger charge is 2.26. The van der Waals surface area contributed by atoms with E-state index in [9.17, 15) is 9.59 Å². The molecule has 0 saturated carbocycles. The number of rotatable bonds is 3. The molecule has 0 aliphatic carbocycles. The zero-order valence-corrected chi connectivity index (χ0v) is 12.3. The van der Waals surface area contributed by atoms with E-state index in [1.54, 1.807) is 0 Å². The summed E-state index contributed by atoms with van der Waals surface area (Å²) < 4.78 is 0. The van der Waals surface area contributed by atoms with Gasteiger partial charge < -0.3 is 15.5 Å². The number of fused-ring (bicyclic) bond motifs is 1. The summed E-state index contributed by atoms with van der Waals surface area (Å²) in [6.07, 6.45) is 2.22. The first-order chi connectivity index (χ1) is 10.2. The fraction of sp³-hybridized carbons (Fsp3) is 0.500. The Morgan fingerprint density at radius 2 is 2.24 bits per heavy atom. The minimum absolute atomic E-state index is 0.0498. The third-order valence-electron chi connectivity index (χ3n) is 4.32. The molecular formula is C16H21N3O2. The quantitative estimate of drug-likeness (QED) is 0.883. The van der Waals surface area contributed by atoms with Gasteiger partial charge in [0.15, 0.2) is 0 Å². The Morgan fingerprint density at radius 1 is 1.38 bits per heavy atom. The lowest BCUT2D eigenvalue weighted by Crippen LogP contribution is -2.41. The number of hydrogen-bond donors (Lipinski definition) is 2. The molecule has 2 N–H and O–H groups in total. The molecule has 1 fully saturated rings. The summed E-state index contributed by atoms with van der Waals surface area (Å²) in [6, 6.07) is 5.89. The van der Waals surface area contributed by atoms with E-state index in [4.69, 9.17) is 0 Å². The van der Waals surface area contributed by atoms with E-state index in [1.807, 2.05) is 30.0 Å². The van der Waals surface area contributed by atoms with Crippen molar-refractivity contribution < 1.29 is 9.59 Å². The van der Waals surface area contributed by atoms with Gasteiger partial charge in [-0.25, -0.2) is 0 Å². The van der Waals surface area contributed by atoms with Crippen LogP contribution in [0.5, 0.6) is 0 Å². The van der Waals surface area contributed by atoms with Crippen molar-refractivity contribution in [1.82, 2.24) is 10.2 Å². The second kappa shape index (κ2) is 5.85. The molecule has 112 valence electrons. The maximum Gasteiger partial charge on any atom is 0.254 e. The molecule has 2 heterocycles. The summed E-state index contributed by atoms with van der Waals surface area (Å²) in [5.41, 5.74) is 2.62. The average molecular weight is 287 g/mol. The molecule has 0 spiro atoms. The minimum atomic E-state index is 0.0498. The van der Waals surface area contributed by atoms with Crippen molar-refractivity contribution in [2.45, 2.75) is 32.2 Å². The van der Waals surface area contributed by atoms with E-state index >= 15 is 0 Å². The van der Waals surface area contributed by atoms with Crippen LogP contribution < -0.4 is 10.6 Å². The maximum atomic E-state index is 12.7. The molecule has 0 aromatic heterocycles. The van der Waals surface area contributed by atoms with E-state index in [0.29, 0.717) is 18.9 Å². The Morgan fingerprint density at radius 3 is 2.95 bits per heavy atom. The van der Waals surface area contributed by atoms with Crippen molar-refractivity contribution in [3.63, 3.8) is 0 Å². The van der Waals surface area contributed by atoms with Crippen LogP contribution in [0.3, 0.4) is 0 Å². The lowest BCUT2D eigenvalue weighted by Gasteiger charge is -2.28. The van der Waals surface area contributed by atoms with Gasteiger partial charge >= 0.3 is 0 Å². The van der Waals surface area contributed by atoms with Crippen molar-refractivity contribution in [1.29, 1.82) is 0 Å². The molecule has 2 aliphatic heterocycles. The number of nitrogens with one attached hydrogen (secondary N) is 2. The smallest absolute Gasteiger partial charge is 0.254 e. The maximum absolute atomic E-state index is 12.7. The van der Waals surface area contributed by atoms with E-state index < -0.39 is 0 Å². The number of nitrogens with zero attached hydrogens (tertiary/aromatic N) is 1. The molecular weight excluding hydrogens is 266 g/mol. The van der Waals surface area contributed by atoms with Crippen LogP contribution in [0.25, 0.3) is 0 Å². The second-order valence-corrected chi connectivity index (χ2v) is 5.66. The van der Waals surface area contributed by atoms with Crippen LogP contribution in [0.2, 0.25) is 0 Å². The number of carbonyl (C=O) groups excluding carboxylic acids is 2. The van der Waals surface area contributed by atoms with Crippen molar-refractivity contribution in [2.75, 3.05) is 25.0 Å². The first kappa shape index (κ1) is 14.1. The van der Waals surface area contributed by atoms with Crippen LogP contribution in [-0.2, 0) is 11.2 Å². The number of likely N-dealkylation sites (N-methyl/N-ethyl adjacent to an activating group) is 1. The lowest BCUT2D eigenvalue weighted by atomic mass is 9.99. The first-order valence-corrected chi connectivity index (χ1v) is 7.63. The first-order valence-electron chi connectivity index (χ1n) is 7.63. The predicted molar refractivity (Wildman–Crippen MR) is 81.4 cm³/mol. The number of hydrogen-bond acceptors (Lipinski definition) is 3. The molecule has 2 aliphatic rings. The number of benzene rings is 1. The summed E-state index contributed by atoms with van der Waals surface area (Å²) in [7, 11) is 0. The summed E-state index contributed by atoms with van der Waals surface area (Å²) in [5, 5.41) is 6.16. The fourth-order valence-electron chi connectivity index (χ4n) is 3.16. The lowest BCUT2D eigenvalue weighted by molar-refractivity contribution is -0.116. The highest BCUT2D eigenvalue weighted by molar-refractivity contribution is 5.98. The molecule has 0 bridgehead atoms. The van der Waals surface area contributed by atoms with Gasteiger partial charge in [0.25, 0.3) is 5.91 Å². The number of carbonyl (C=O) groups is 2. The van der Waals surface area contributed by atoms with Gasteiger partial charge in [0.2, 0.25) is 5.91 Å². The standard InChI is InChI=1S/C16H21N3O2/c1-2-19(13-7-8-17-10-13)16(21)12-3-5-14-11(9-12)4-6-15(20)18-14/h3,5,9,13,17H,2,4,6-8,10H2,1H3,(H,18,20). The van der Waals surface area contributed by atoms with Gasteiger partial charge in [-0.1, -0.05) is 0 Å². The Bertz CT molecular complexity index is 565. The number of amides is 2. The number of aryl methyl sites for hydroxylation is 1. The molecule has 1 atom stereocenters. The van der Waals surface area contributed by atoms with Crippen LogP contribution in [0.1, 0.15) is 35.7 Å². The van der Waals surface area contributed by atoms with Gasteiger partial charge in [-0.05, 0) is 50.1 Å². The predicted octanol–water partition coefficient (Wildman–Crippen LogP) is 1.40. The van der Waals surface area contributed by atoms with Gasteiger partial charge in [-0.3, -0.25) is 9.59 Å². The zero-order valence-electron chi connectivity index (χ0n) is 12.3. The summed E-state index contributed by atoms with van der Waals surface area (Å²) >= 11 is 0. The van der Waals surface area contributed by atoms with Gasteiger partial charge in [0.1, 0.15) is 0 Å². The van der Waals surface area contributed by atoms with Crippen molar-refractivity contribution in [3.8, 4) is 0 Å². The van der Waals surface area contributed by atoms with Gasteiger partial charge in [0.05, 0.1) is 0 Å². The third-order valence-corrected chi connectivity index (χ3v) is 4.32. The normalized spacial score (nSPS) is 20.8. The Hall–Kier alpha value is -1.88. The number of anilines is 1. The zero-order chi connectivity index (χ0) is 14.8. The summed E-state index contributed by atoms with van der Waals surface area (Å²) in [4.78, 5) is 26.1. The summed E-state index contributed by atoms with van der Waals surface area (Å²) in [6.45, 7) is 4.60. The van der Waals surface area contributed by atoms with E-state index in [2.05, 4.69) is 10.6 Å². The Labute approximate surface area is 124 Å². The highest BCUT2D eigenvalue weighted by atomic mass is 16.2. The highest BCUT2D eigenvalue weighted by Crippen LogP contribution is 2.24. The van der Waals surface area contributed by atoms with Gasteiger partial charge in [-0.2, -0.15) is 0 Å². The molecule has 21 heavy (non-hydrogen) atoms. The van der Waals surface area contributed by atoms with Crippen LogP contribution in [0, 0.1) is 0 Å². The summed E-state index contributed by atoms with van der Waals surface area (Å²) in [5.74, 6) is 0.139. The van der Waals surface area contributed by atoms with E-state index in [1.165, 1.54) is 0 Å². The topological polar surface area (TPSA) is 61.4 Å². The molecule has 2 amide bonds. The molecule has 5 nitrogen and oxygen atoms in total. The van der Waals surface area contributed by atoms with Crippen molar-refractivity contribution in [2.24, 2.45) is 0 Å². The largest absolute Gasteiger partial charge is 0.335 e. The molecule has 1 unspecified atom stereocenters. The van der Waals surface area contributed by atoms with Crippen LogP contribution in [0.4, 0.5) is 5.69 Å². The fourth-order valence-corrected chi connectivity index (χ4v) is 3.16. The third kappa shape index (κ3) is 2.78. The molecule has 5 heteroatoms.